The summed E-state index contributed by atoms with van der Waals surface area (Å²) in [6, 6.07) is 0. The molecule has 0 aromatic rings. The van der Waals surface area contributed by atoms with Crippen LogP contribution < -0.4 is 0 Å². The van der Waals surface area contributed by atoms with Gasteiger partial charge in [-0.1, -0.05) is 0 Å². The summed E-state index contributed by atoms with van der Waals surface area (Å²) in [5.41, 5.74) is 0. The molecule has 1 heterocycles. The molecule has 0 N–H and O–H groups in total. The van der Waals surface area contributed by atoms with Crippen LogP contribution >= 0.6 is 23.5 Å². The molecule has 0 nitrogen and oxygen atoms in total. The normalized spacial score (nSPS) is 31.3. The van der Waals surface area contributed by atoms with Gasteiger partial charge in [0.15, 0.2) is 0 Å². The first-order valence-corrected chi connectivity index (χ1v) is 4.62. The average molecular weight is 133 g/mol. The first kappa shape index (κ1) is 5.83. The lowest BCUT2D eigenvalue weighted by Gasteiger charge is -1.98. The molecule has 1 unspecified atom stereocenters. The van der Waals surface area contributed by atoms with E-state index in [4.69, 9.17) is 0 Å². The maximum atomic E-state index is 3.77. The zero-order valence-electron chi connectivity index (χ0n) is 4.22. The van der Waals surface area contributed by atoms with Gasteiger partial charge in [-0.2, -0.15) is 23.5 Å². The topological polar surface area (TPSA) is 0 Å². The first-order chi connectivity index (χ1) is 3.43. The fourth-order valence-electron chi connectivity index (χ4n) is 0.644. The van der Waals surface area contributed by atoms with Crippen molar-refractivity contribution in [2.24, 2.45) is 0 Å². The highest BCUT2D eigenvalue weighted by Crippen LogP contribution is 2.26. The lowest BCUT2D eigenvalue weighted by molar-refractivity contribution is 0.974. The van der Waals surface area contributed by atoms with Gasteiger partial charge < -0.3 is 0 Å². The van der Waals surface area contributed by atoms with E-state index in [2.05, 4.69) is 6.26 Å². The SMILES string of the molecule is [CH2]SC1CCSC1. The van der Waals surface area contributed by atoms with E-state index >= 15 is 0 Å². The highest BCUT2D eigenvalue weighted by atomic mass is 32.2. The molecule has 0 aliphatic carbocycles. The molecule has 0 aromatic heterocycles. The molecule has 1 rings (SSSR count). The summed E-state index contributed by atoms with van der Waals surface area (Å²) < 4.78 is 0. The van der Waals surface area contributed by atoms with E-state index in [1.165, 1.54) is 17.9 Å². The van der Waals surface area contributed by atoms with Gasteiger partial charge in [0.1, 0.15) is 0 Å². The van der Waals surface area contributed by atoms with E-state index in [1.54, 1.807) is 11.8 Å². The van der Waals surface area contributed by atoms with Crippen molar-refractivity contribution in [3.05, 3.63) is 6.26 Å². The van der Waals surface area contributed by atoms with E-state index in [0.717, 1.165) is 5.25 Å². The summed E-state index contributed by atoms with van der Waals surface area (Å²) in [5, 5.41) is 0.866. The highest BCUT2D eigenvalue weighted by molar-refractivity contribution is 8.04. The minimum absolute atomic E-state index is 0.866. The van der Waals surface area contributed by atoms with E-state index in [1.807, 2.05) is 11.8 Å². The van der Waals surface area contributed by atoms with Crippen LogP contribution in [0.1, 0.15) is 6.42 Å². The third-order valence-corrected chi connectivity index (χ3v) is 3.37. The van der Waals surface area contributed by atoms with Gasteiger partial charge in [-0.3, -0.25) is 0 Å². The van der Waals surface area contributed by atoms with Crippen molar-refractivity contribution >= 4 is 23.5 Å². The molecule has 1 atom stereocenters. The minimum Gasteiger partial charge on any atom is -0.161 e. The van der Waals surface area contributed by atoms with Crippen molar-refractivity contribution < 1.29 is 0 Å². The first-order valence-electron chi connectivity index (χ1n) is 2.42. The standard InChI is InChI=1S/C5H9S2/c1-6-5-2-3-7-4-5/h5H,1-4H2. The Bertz CT molecular complexity index is 48.0. The zero-order chi connectivity index (χ0) is 5.11. The Labute approximate surface area is 53.4 Å². The Morgan fingerprint density at radius 2 is 2.57 bits per heavy atom. The van der Waals surface area contributed by atoms with Gasteiger partial charge in [0.25, 0.3) is 0 Å². The predicted octanol–water partition coefficient (Wildman–Crippen LogP) is 2.02. The average Bonchev–Trinajstić information content (AvgIpc) is 2.14. The van der Waals surface area contributed by atoms with Gasteiger partial charge in [-0.05, 0) is 12.2 Å². The van der Waals surface area contributed by atoms with Crippen molar-refractivity contribution in [1.82, 2.24) is 0 Å². The Morgan fingerprint density at radius 3 is 2.86 bits per heavy atom. The fraction of sp³-hybridized carbons (Fsp3) is 0.800. The van der Waals surface area contributed by atoms with E-state index in [9.17, 15) is 0 Å². The number of hydrogen-bond donors (Lipinski definition) is 0. The molecule has 1 aliphatic heterocycles. The van der Waals surface area contributed by atoms with Crippen LogP contribution in [0, 0.1) is 6.26 Å². The molecule has 1 fully saturated rings. The minimum atomic E-state index is 0.866. The quantitative estimate of drug-likeness (QED) is 0.536. The molecule has 7 heavy (non-hydrogen) atoms. The molecular weight excluding hydrogens is 124 g/mol. The summed E-state index contributed by atoms with van der Waals surface area (Å²) in [6.45, 7) is 0. The third kappa shape index (κ3) is 1.57. The Morgan fingerprint density at radius 1 is 1.71 bits per heavy atom. The summed E-state index contributed by atoms with van der Waals surface area (Å²) in [7, 11) is 0. The summed E-state index contributed by atoms with van der Waals surface area (Å²) in [4.78, 5) is 0. The van der Waals surface area contributed by atoms with Crippen LogP contribution in [-0.2, 0) is 0 Å². The lowest BCUT2D eigenvalue weighted by Crippen LogP contribution is -1.94. The molecule has 1 radical (unpaired) electrons. The van der Waals surface area contributed by atoms with Gasteiger partial charge in [0.05, 0.1) is 0 Å². The molecule has 1 saturated heterocycles. The fourth-order valence-corrected chi connectivity index (χ4v) is 2.80. The monoisotopic (exact) mass is 133 g/mol. The van der Waals surface area contributed by atoms with Gasteiger partial charge in [-0.15, -0.1) is 0 Å². The molecule has 41 valence electrons. The van der Waals surface area contributed by atoms with Crippen molar-refractivity contribution in [3.8, 4) is 0 Å². The lowest BCUT2D eigenvalue weighted by atomic mass is 10.4. The van der Waals surface area contributed by atoms with E-state index in [-0.39, 0.29) is 0 Å². The molecule has 0 bridgehead atoms. The van der Waals surface area contributed by atoms with Crippen LogP contribution in [0.25, 0.3) is 0 Å². The van der Waals surface area contributed by atoms with Crippen LogP contribution in [-0.4, -0.2) is 16.8 Å². The Hall–Kier alpha value is 0.700. The number of thioether (sulfide) groups is 2. The van der Waals surface area contributed by atoms with Gasteiger partial charge in [0.2, 0.25) is 0 Å². The largest absolute Gasteiger partial charge is 0.161 e. The molecule has 2 heteroatoms. The summed E-state index contributed by atoms with van der Waals surface area (Å²) in [6.07, 6.45) is 5.14. The smallest absolute Gasteiger partial charge is 0.0146 e. The number of rotatable bonds is 1. The van der Waals surface area contributed by atoms with Crippen molar-refractivity contribution in [3.63, 3.8) is 0 Å². The zero-order valence-corrected chi connectivity index (χ0v) is 5.86. The molecule has 0 spiro atoms. The summed E-state index contributed by atoms with van der Waals surface area (Å²) in [5.74, 6) is 2.68. The molecular formula is C5H9S2. The molecule has 1 aliphatic rings. The molecule has 0 aromatic carbocycles. The summed E-state index contributed by atoms with van der Waals surface area (Å²) >= 11 is 3.81. The van der Waals surface area contributed by atoms with Crippen LogP contribution in [0.2, 0.25) is 0 Å². The highest BCUT2D eigenvalue weighted by Gasteiger charge is 2.12. The predicted molar refractivity (Wildman–Crippen MR) is 38.7 cm³/mol. The van der Waals surface area contributed by atoms with Crippen molar-refractivity contribution in [2.75, 3.05) is 11.5 Å². The second-order valence-corrected chi connectivity index (χ2v) is 3.80. The third-order valence-electron chi connectivity index (χ3n) is 1.12. The van der Waals surface area contributed by atoms with Crippen LogP contribution in [0.4, 0.5) is 0 Å². The maximum Gasteiger partial charge on any atom is 0.0146 e. The van der Waals surface area contributed by atoms with Gasteiger partial charge in [0, 0.05) is 17.3 Å². The second kappa shape index (κ2) is 2.88. The van der Waals surface area contributed by atoms with E-state index < -0.39 is 0 Å². The van der Waals surface area contributed by atoms with Gasteiger partial charge in [-0.25, -0.2) is 0 Å². The second-order valence-electron chi connectivity index (χ2n) is 1.65. The Balaban J connectivity index is 2.14. The molecule has 0 saturated carbocycles. The van der Waals surface area contributed by atoms with Crippen LogP contribution in [0.3, 0.4) is 0 Å². The van der Waals surface area contributed by atoms with E-state index in [0.29, 0.717) is 0 Å². The van der Waals surface area contributed by atoms with Gasteiger partial charge >= 0.3 is 0 Å². The number of hydrogen-bond acceptors (Lipinski definition) is 2. The van der Waals surface area contributed by atoms with Crippen molar-refractivity contribution in [1.29, 1.82) is 0 Å². The Kier molecular flexibility index (Phi) is 2.40. The molecule has 0 amide bonds. The van der Waals surface area contributed by atoms with Crippen LogP contribution in [0.5, 0.6) is 0 Å². The van der Waals surface area contributed by atoms with Crippen molar-refractivity contribution in [2.45, 2.75) is 11.7 Å². The van der Waals surface area contributed by atoms with Crippen LogP contribution in [0.15, 0.2) is 0 Å². The maximum absolute atomic E-state index is 3.77.